The highest BCUT2D eigenvalue weighted by Crippen LogP contribution is 2.23. The van der Waals surface area contributed by atoms with Gasteiger partial charge in [0.25, 0.3) is 0 Å². The van der Waals surface area contributed by atoms with Gasteiger partial charge in [-0.05, 0) is 55.6 Å². The predicted molar refractivity (Wildman–Crippen MR) is 128 cm³/mol. The molecule has 1 unspecified atom stereocenters. The first-order valence-corrected chi connectivity index (χ1v) is 11.2. The van der Waals surface area contributed by atoms with Gasteiger partial charge in [0.05, 0.1) is 17.4 Å². The van der Waals surface area contributed by atoms with Gasteiger partial charge in [-0.3, -0.25) is 4.68 Å². The molecule has 0 aliphatic carbocycles. The molecule has 1 aliphatic heterocycles. The van der Waals surface area contributed by atoms with Gasteiger partial charge in [-0.25, -0.2) is 15.0 Å². The summed E-state index contributed by atoms with van der Waals surface area (Å²) in [5, 5.41) is 12.4. The third-order valence-electron chi connectivity index (χ3n) is 5.93. The number of aromatic nitrogens is 5. The van der Waals surface area contributed by atoms with Crippen molar-refractivity contribution in [1.82, 2.24) is 30.0 Å². The molecule has 9 heteroatoms. The topological polar surface area (TPSA) is 116 Å². The quantitative estimate of drug-likeness (QED) is 0.399. The summed E-state index contributed by atoms with van der Waals surface area (Å²) in [6, 6.07) is 7.78. The SMILES string of the molecule is Cc1cc(N)nc(C)c1CNc1nccc2nn(Cc3ccc(OC4CCNC4)nc3)cc12. The Morgan fingerprint density at radius 1 is 1.24 bits per heavy atom. The highest BCUT2D eigenvalue weighted by Gasteiger charge is 2.16. The first-order chi connectivity index (χ1) is 16.0. The molecule has 1 atom stereocenters. The highest BCUT2D eigenvalue weighted by molar-refractivity contribution is 5.88. The Kier molecular flexibility index (Phi) is 5.78. The van der Waals surface area contributed by atoms with E-state index in [-0.39, 0.29) is 6.10 Å². The molecule has 0 spiro atoms. The number of rotatable bonds is 7. The summed E-state index contributed by atoms with van der Waals surface area (Å²) < 4.78 is 7.82. The van der Waals surface area contributed by atoms with Gasteiger partial charge < -0.3 is 21.1 Å². The average molecular weight is 445 g/mol. The molecule has 1 saturated heterocycles. The van der Waals surface area contributed by atoms with Crippen LogP contribution < -0.4 is 21.1 Å². The molecule has 0 saturated carbocycles. The Morgan fingerprint density at radius 3 is 2.91 bits per heavy atom. The maximum absolute atomic E-state index is 5.91. The third-order valence-corrected chi connectivity index (χ3v) is 5.93. The lowest BCUT2D eigenvalue weighted by molar-refractivity contribution is 0.214. The number of nitrogens with one attached hydrogen (secondary N) is 2. The van der Waals surface area contributed by atoms with Crippen LogP contribution in [0.1, 0.15) is 28.8 Å². The van der Waals surface area contributed by atoms with Crippen molar-refractivity contribution in [2.75, 3.05) is 24.1 Å². The van der Waals surface area contributed by atoms with E-state index >= 15 is 0 Å². The van der Waals surface area contributed by atoms with E-state index in [1.165, 1.54) is 0 Å². The van der Waals surface area contributed by atoms with Crippen LogP contribution in [-0.4, -0.2) is 43.9 Å². The number of fused-ring (bicyclic) bond motifs is 1. The van der Waals surface area contributed by atoms with Gasteiger partial charge in [-0.15, -0.1) is 0 Å². The fraction of sp³-hybridized carbons (Fsp3) is 0.333. The maximum atomic E-state index is 5.91. The number of hydrogen-bond donors (Lipinski definition) is 3. The number of nitrogens with two attached hydrogens (primary N) is 1. The predicted octanol–water partition coefficient (Wildman–Crippen LogP) is 2.82. The van der Waals surface area contributed by atoms with Crippen molar-refractivity contribution in [1.29, 1.82) is 0 Å². The normalized spacial score (nSPS) is 15.8. The Morgan fingerprint density at radius 2 is 2.15 bits per heavy atom. The summed E-state index contributed by atoms with van der Waals surface area (Å²) >= 11 is 0. The van der Waals surface area contributed by atoms with E-state index in [1.54, 1.807) is 6.20 Å². The zero-order valence-electron chi connectivity index (χ0n) is 18.9. The van der Waals surface area contributed by atoms with Gasteiger partial charge in [-0.1, -0.05) is 6.07 Å². The van der Waals surface area contributed by atoms with Crippen molar-refractivity contribution < 1.29 is 4.74 Å². The molecule has 33 heavy (non-hydrogen) atoms. The minimum atomic E-state index is 0.204. The number of aryl methyl sites for hydroxylation is 2. The smallest absolute Gasteiger partial charge is 0.213 e. The molecule has 170 valence electrons. The van der Waals surface area contributed by atoms with E-state index in [1.807, 2.05) is 55.2 Å². The number of nitrogen functional groups attached to an aromatic ring is 1. The Balaban J connectivity index is 1.29. The fourth-order valence-corrected chi connectivity index (χ4v) is 4.20. The van der Waals surface area contributed by atoms with Crippen molar-refractivity contribution in [3.63, 3.8) is 0 Å². The molecule has 1 fully saturated rings. The van der Waals surface area contributed by atoms with Gasteiger partial charge in [0, 0.05) is 43.4 Å². The van der Waals surface area contributed by atoms with Gasteiger partial charge in [0.2, 0.25) is 5.88 Å². The van der Waals surface area contributed by atoms with E-state index in [0.717, 1.165) is 58.6 Å². The zero-order chi connectivity index (χ0) is 22.8. The van der Waals surface area contributed by atoms with Gasteiger partial charge in [0.1, 0.15) is 17.7 Å². The molecule has 0 bridgehead atoms. The molecule has 5 rings (SSSR count). The molecule has 0 aromatic carbocycles. The van der Waals surface area contributed by atoms with Crippen LogP contribution in [0.15, 0.2) is 42.9 Å². The molecular formula is C24H28N8O. The van der Waals surface area contributed by atoms with E-state index in [2.05, 4.69) is 25.6 Å². The van der Waals surface area contributed by atoms with Gasteiger partial charge >= 0.3 is 0 Å². The summed E-state index contributed by atoms with van der Waals surface area (Å²) in [6.45, 7) is 7.13. The molecule has 4 aromatic rings. The Hall–Kier alpha value is -3.72. The summed E-state index contributed by atoms with van der Waals surface area (Å²) in [5.74, 6) is 2.00. The molecule has 0 radical (unpaired) electrons. The van der Waals surface area contributed by atoms with Crippen LogP contribution in [0, 0.1) is 13.8 Å². The van der Waals surface area contributed by atoms with Crippen molar-refractivity contribution >= 4 is 22.5 Å². The summed E-state index contributed by atoms with van der Waals surface area (Å²) in [5.41, 5.74) is 11.0. The van der Waals surface area contributed by atoms with Crippen molar-refractivity contribution in [3.05, 3.63) is 65.2 Å². The van der Waals surface area contributed by atoms with E-state index in [0.29, 0.717) is 24.8 Å². The average Bonchev–Trinajstić information content (AvgIpc) is 3.44. The first-order valence-electron chi connectivity index (χ1n) is 11.2. The van der Waals surface area contributed by atoms with E-state index < -0.39 is 0 Å². The minimum Gasteiger partial charge on any atom is -0.473 e. The van der Waals surface area contributed by atoms with E-state index in [4.69, 9.17) is 15.6 Å². The van der Waals surface area contributed by atoms with Crippen molar-refractivity contribution in [2.45, 2.75) is 39.5 Å². The molecule has 0 amide bonds. The lowest BCUT2D eigenvalue weighted by Gasteiger charge is -2.12. The van der Waals surface area contributed by atoms with Crippen LogP contribution in [0.2, 0.25) is 0 Å². The minimum absolute atomic E-state index is 0.204. The van der Waals surface area contributed by atoms with Crippen LogP contribution in [-0.2, 0) is 13.1 Å². The number of hydrogen-bond acceptors (Lipinski definition) is 8. The maximum Gasteiger partial charge on any atom is 0.213 e. The summed E-state index contributed by atoms with van der Waals surface area (Å²) in [7, 11) is 0. The molecule has 5 heterocycles. The van der Waals surface area contributed by atoms with Crippen LogP contribution in [0.5, 0.6) is 5.88 Å². The molecule has 4 N–H and O–H groups in total. The third kappa shape index (κ3) is 4.73. The summed E-state index contributed by atoms with van der Waals surface area (Å²) in [4.78, 5) is 13.4. The second-order valence-electron chi connectivity index (χ2n) is 8.44. The van der Waals surface area contributed by atoms with Crippen LogP contribution in [0.3, 0.4) is 0 Å². The van der Waals surface area contributed by atoms with Gasteiger partial charge in [-0.2, -0.15) is 5.10 Å². The fourth-order valence-electron chi connectivity index (χ4n) is 4.20. The van der Waals surface area contributed by atoms with Crippen LogP contribution >= 0.6 is 0 Å². The van der Waals surface area contributed by atoms with Crippen LogP contribution in [0.25, 0.3) is 10.9 Å². The summed E-state index contributed by atoms with van der Waals surface area (Å²) in [6.07, 6.45) is 6.85. The monoisotopic (exact) mass is 444 g/mol. The number of nitrogens with zero attached hydrogens (tertiary/aromatic N) is 5. The molecule has 4 aromatic heterocycles. The first kappa shape index (κ1) is 21.1. The van der Waals surface area contributed by atoms with Crippen molar-refractivity contribution in [2.24, 2.45) is 0 Å². The Bertz CT molecular complexity index is 1240. The van der Waals surface area contributed by atoms with Gasteiger partial charge in [0.15, 0.2) is 0 Å². The number of pyridine rings is 3. The van der Waals surface area contributed by atoms with Crippen molar-refractivity contribution in [3.8, 4) is 5.88 Å². The Labute approximate surface area is 192 Å². The number of anilines is 2. The second kappa shape index (κ2) is 9.03. The second-order valence-corrected chi connectivity index (χ2v) is 8.44. The molecular weight excluding hydrogens is 416 g/mol. The standard InChI is InChI=1S/C24H28N8O/c1-15-9-22(25)30-16(2)19(15)12-29-24-20-14-32(31-21(20)6-8-27-24)13-17-3-4-23(28-10-17)33-18-5-7-26-11-18/h3-4,6,8-10,14,18,26H,5,7,11-13H2,1-2H3,(H2,25,30)(H,27,29). The lowest BCUT2D eigenvalue weighted by Crippen LogP contribution is -2.20. The lowest BCUT2D eigenvalue weighted by atomic mass is 10.1. The molecule has 9 nitrogen and oxygen atoms in total. The number of ether oxygens (including phenoxy) is 1. The molecule has 1 aliphatic rings. The highest BCUT2D eigenvalue weighted by atomic mass is 16.5. The van der Waals surface area contributed by atoms with E-state index in [9.17, 15) is 0 Å². The largest absolute Gasteiger partial charge is 0.473 e. The van der Waals surface area contributed by atoms with Crippen LogP contribution in [0.4, 0.5) is 11.6 Å². The zero-order valence-corrected chi connectivity index (χ0v) is 18.9.